The van der Waals surface area contributed by atoms with Gasteiger partial charge in [0, 0.05) is 10.9 Å². The van der Waals surface area contributed by atoms with Gasteiger partial charge in [0.2, 0.25) is 0 Å². The van der Waals surface area contributed by atoms with Crippen LogP contribution in [0, 0.1) is 6.92 Å². The van der Waals surface area contributed by atoms with Crippen molar-refractivity contribution in [2.75, 3.05) is 6.61 Å². The number of hydrogen-bond acceptors (Lipinski definition) is 4. The van der Waals surface area contributed by atoms with Crippen LogP contribution in [0.4, 0.5) is 0 Å². The van der Waals surface area contributed by atoms with Gasteiger partial charge in [-0.2, -0.15) is 0 Å². The number of hydrogen-bond donors (Lipinski definition) is 0. The van der Waals surface area contributed by atoms with Gasteiger partial charge in [-0.25, -0.2) is 4.98 Å². The van der Waals surface area contributed by atoms with Crippen molar-refractivity contribution in [2.45, 2.75) is 20.3 Å². The lowest BCUT2D eigenvalue weighted by molar-refractivity contribution is -0.142. The molecular formula is C14H15NO2S. The molecule has 0 fully saturated rings. The molecule has 1 heterocycles. The van der Waals surface area contributed by atoms with Crippen molar-refractivity contribution in [3.63, 3.8) is 0 Å². The highest BCUT2D eigenvalue weighted by atomic mass is 32.1. The summed E-state index contributed by atoms with van der Waals surface area (Å²) < 4.78 is 4.91. The molecule has 0 aliphatic heterocycles. The molecule has 0 radical (unpaired) electrons. The number of aromatic nitrogens is 1. The highest BCUT2D eigenvalue weighted by Crippen LogP contribution is 2.25. The number of thiazole rings is 1. The number of carbonyl (C=O) groups is 1. The molecule has 1 aromatic carbocycles. The summed E-state index contributed by atoms with van der Waals surface area (Å²) >= 11 is 1.50. The van der Waals surface area contributed by atoms with E-state index in [1.165, 1.54) is 16.9 Å². The zero-order chi connectivity index (χ0) is 13.0. The van der Waals surface area contributed by atoms with Gasteiger partial charge in [-0.1, -0.05) is 24.3 Å². The minimum absolute atomic E-state index is 0.219. The molecule has 0 spiro atoms. The molecular weight excluding hydrogens is 246 g/mol. The SMILES string of the molecule is CCOC(=O)Cc1nc(-c2ccccc2C)cs1. The fraction of sp³-hybridized carbons (Fsp3) is 0.286. The summed E-state index contributed by atoms with van der Waals surface area (Å²) in [7, 11) is 0. The van der Waals surface area contributed by atoms with Crippen LogP contribution in [-0.2, 0) is 16.0 Å². The quantitative estimate of drug-likeness (QED) is 0.793. The molecule has 2 rings (SSSR count). The Hall–Kier alpha value is -1.68. The zero-order valence-corrected chi connectivity index (χ0v) is 11.3. The first-order valence-corrected chi connectivity index (χ1v) is 6.74. The van der Waals surface area contributed by atoms with Crippen molar-refractivity contribution in [2.24, 2.45) is 0 Å². The van der Waals surface area contributed by atoms with Crippen molar-refractivity contribution in [3.05, 3.63) is 40.2 Å². The van der Waals surface area contributed by atoms with E-state index in [2.05, 4.69) is 18.0 Å². The molecule has 0 saturated carbocycles. The van der Waals surface area contributed by atoms with E-state index in [0.717, 1.165) is 16.3 Å². The van der Waals surface area contributed by atoms with Crippen LogP contribution < -0.4 is 0 Å². The third kappa shape index (κ3) is 2.96. The Labute approximate surface area is 110 Å². The number of aryl methyl sites for hydroxylation is 1. The number of carbonyl (C=O) groups excluding carboxylic acids is 1. The number of nitrogens with zero attached hydrogens (tertiary/aromatic N) is 1. The van der Waals surface area contributed by atoms with Crippen molar-refractivity contribution in [1.82, 2.24) is 4.98 Å². The Balaban J connectivity index is 2.16. The maximum absolute atomic E-state index is 11.4. The molecule has 1 aromatic heterocycles. The second-order valence-corrected chi connectivity index (χ2v) is 4.87. The van der Waals surface area contributed by atoms with Crippen LogP contribution in [0.3, 0.4) is 0 Å². The third-order valence-electron chi connectivity index (χ3n) is 2.57. The monoisotopic (exact) mass is 261 g/mol. The molecule has 4 heteroatoms. The van der Waals surface area contributed by atoms with Crippen molar-refractivity contribution in [1.29, 1.82) is 0 Å². The lowest BCUT2D eigenvalue weighted by atomic mass is 10.1. The van der Waals surface area contributed by atoms with E-state index < -0.39 is 0 Å². The van der Waals surface area contributed by atoms with Crippen LogP contribution >= 0.6 is 11.3 Å². The van der Waals surface area contributed by atoms with Crippen LogP contribution in [0.15, 0.2) is 29.6 Å². The molecule has 18 heavy (non-hydrogen) atoms. The van der Waals surface area contributed by atoms with E-state index >= 15 is 0 Å². The molecule has 0 bridgehead atoms. The van der Waals surface area contributed by atoms with Crippen LogP contribution in [0.25, 0.3) is 11.3 Å². The van der Waals surface area contributed by atoms with Gasteiger partial charge in [-0.05, 0) is 19.4 Å². The van der Waals surface area contributed by atoms with E-state index in [1.807, 2.05) is 23.6 Å². The van der Waals surface area contributed by atoms with E-state index in [4.69, 9.17) is 4.74 Å². The Morgan fingerprint density at radius 3 is 2.89 bits per heavy atom. The molecule has 94 valence electrons. The largest absolute Gasteiger partial charge is 0.466 e. The summed E-state index contributed by atoms with van der Waals surface area (Å²) in [6.07, 6.45) is 0.254. The number of rotatable bonds is 4. The van der Waals surface area contributed by atoms with Crippen LogP contribution in [0.5, 0.6) is 0 Å². The van der Waals surface area contributed by atoms with Gasteiger partial charge < -0.3 is 4.74 Å². The third-order valence-corrected chi connectivity index (χ3v) is 3.42. The maximum atomic E-state index is 11.4. The standard InChI is InChI=1S/C14H15NO2S/c1-3-17-14(16)8-13-15-12(9-18-13)11-7-5-4-6-10(11)2/h4-7,9H,3,8H2,1-2H3. The highest BCUT2D eigenvalue weighted by molar-refractivity contribution is 7.10. The lowest BCUT2D eigenvalue weighted by Gasteiger charge is -2.01. The predicted octanol–water partition coefficient (Wildman–Crippen LogP) is 3.22. The number of benzene rings is 1. The predicted molar refractivity (Wildman–Crippen MR) is 72.6 cm³/mol. The second kappa shape index (κ2) is 5.78. The van der Waals surface area contributed by atoms with Gasteiger partial charge in [0.25, 0.3) is 0 Å². The Kier molecular flexibility index (Phi) is 4.10. The average Bonchev–Trinajstić information content (AvgIpc) is 2.78. The van der Waals surface area contributed by atoms with Gasteiger partial charge >= 0.3 is 5.97 Å². The van der Waals surface area contributed by atoms with E-state index in [0.29, 0.717) is 6.61 Å². The molecule has 0 saturated heterocycles. The smallest absolute Gasteiger partial charge is 0.312 e. The molecule has 0 amide bonds. The topological polar surface area (TPSA) is 39.2 Å². The van der Waals surface area contributed by atoms with Gasteiger partial charge in [0.05, 0.1) is 18.7 Å². The lowest BCUT2D eigenvalue weighted by Crippen LogP contribution is -2.07. The van der Waals surface area contributed by atoms with Crippen LogP contribution in [0.1, 0.15) is 17.5 Å². The average molecular weight is 261 g/mol. The molecule has 0 N–H and O–H groups in total. The fourth-order valence-corrected chi connectivity index (χ4v) is 2.49. The molecule has 3 nitrogen and oxygen atoms in total. The summed E-state index contributed by atoms with van der Waals surface area (Å²) in [4.78, 5) is 15.9. The summed E-state index contributed by atoms with van der Waals surface area (Å²) in [5.41, 5.74) is 3.23. The minimum Gasteiger partial charge on any atom is -0.466 e. The minimum atomic E-state index is -0.219. The summed E-state index contributed by atoms with van der Waals surface area (Å²) in [5.74, 6) is -0.219. The summed E-state index contributed by atoms with van der Waals surface area (Å²) in [6, 6.07) is 8.09. The second-order valence-electron chi connectivity index (χ2n) is 3.92. The first kappa shape index (κ1) is 12.8. The number of ether oxygens (including phenoxy) is 1. The molecule has 0 aliphatic carbocycles. The van der Waals surface area contributed by atoms with Gasteiger partial charge in [0.15, 0.2) is 0 Å². The van der Waals surface area contributed by atoms with Crippen molar-refractivity contribution in [3.8, 4) is 11.3 Å². The maximum Gasteiger partial charge on any atom is 0.312 e. The molecule has 0 unspecified atom stereocenters. The van der Waals surface area contributed by atoms with Crippen LogP contribution in [-0.4, -0.2) is 17.6 Å². The van der Waals surface area contributed by atoms with Crippen LogP contribution in [0.2, 0.25) is 0 Å². The van der Waals surface area contributed by atoms with Gasteiger partial charge in [-0.15, -0.1) is 11.3 Å². The first-order chi connectivity index (χ1) is 8.70. The summed E-state index contributed by atoms with van der Waals surface area (Å²) in [6.45, 7) is 4.27. The van der Waals surface area contributed by atoms with Crippen molar-refractivity contribution >= 4 is 17.3 Å². The van der Waals surface area contributed by atoms with Gasteiger partial charge in [0.1, 0.15) is 5.01 Å². The highest BCUT2D eigenvalue weighted by Gasteiger charge is 2.10. The molecule has 2 aromatic rings. The Morgan fingerprint density at radius 1 is 1.39 bits per heavy atom. The van der Waals surface area contributed by atoms with E-state index in [9.17, 15) is 4.79 Å². The Bertz CT molecular complexity index is 548. The first-order valence-electron chi connectivity index (χ1n) is 5.86. The zero-order valence-electron chi connectivity index (χ0n) is 10.5. The van der Waals surface area contributed by atoms with E-state index in [1.54, 1.807) is 6.92 Å². The fourth-order valence-electron chi connectivity index (χ4n) is 1.71. The normalized spacial score (nSPS) is 10.3. The Morgan fingerprint density at radius 2 is 2.17 bits per heavy atom. The molecule has 0 aliphatic rings. The summed E-state index contributed by atoms with van der Waals surface area (Å²) in [5, 5.41) is 2.78. The number of esters is 1. The molecule has 0 atom stereocenters. The van der Waals surface area contributed by atoms with Crippen molar-refractivity contribution < 1.29 is 9.53 Å². The van der Waals surface area contributed by atoms with Gasteiger partial charge in [-0.3, -0.25) is 4.79 Å². The van der Waals surface area contributed by atoms with E-state index in [-0.39, 0.29) is 12.4 Å².